The van der Waals surface area contributed by atoms with Crippen LogP contribution in [0.15, 0.2) is 30.5 Å². The van der Waals surface area contributed by atoms with Crippen LogP contribution >= 0.6 is 0 Å². The van der Waals surface area contributed by atoms with Gasteiger partial charge in [-0.05, 0) is 38.1 Å². The SMILES string of the molecule is CCOC(=O)c1cc(NC(=O)c2cnc3c(c2)NC(=O)CO3)cc(C(=O)OCC)c1. The number of anilines is 2. The summed E-state index contributed by atoms with van der Waals surface area (Å²) >= 11 is 0. The molecule has 1 aromatic heterocycles. The number of pyridine rings is 1. The number of nitrogens with one attached hydrogen (secondary N) is 2. The van der Waals surface area contributed by atoms with Gasteiger partial charge in [0.1, 0.15) is 5.69 Å². The summed E-state index contributed by atoms with van der Waals surface area (Å²) in [5.74, 6) is -2.01. The Labute approximate surface area is 171 Å². The highest BCUT2D eigenvalue weighted by Crippen LogP contribution is 2.26. The molecular formula is C20H19N3O7. The fourth-order valence-corrected chi connectivity index (χ4v) is 2.67. The first kappa shape index (κ1) is 20.8. The number of esters is 2. The zero-order chi connectivity index (χ0) is 21.7. The van der Waals surface area contributed by atoms with Crippen LogP contribution in [0.1, 0.15) is 44.9 Å². The summed E-state index contributed by atoms with van der Waals surface area (Å²) in [6.45, 7) is 3.46. The van der Waals surface area contributed by atoms with Gasteiger partial charge in [-0.15, -0.1) is 0 Å². The topological polar surface area (TPSA) is 133 Å². The van der Waals surface area contributed by atoms with Gasteiger partial charge in [0.25, 0.3) is 11.8 Å². The van der Waals surface area contributed by atoms with Crippen LogP contribution in [0, 0.1) is 0 Å². The molecule has 0 aliphatic carbocycles. The maximum Gasteiger partial charge on any atom is 0.338 e. The first-order chi connectivity index (χ1) is 14.4. The lowest BCUT2D eigenvalue weighted by Crippen LogP contribution is -2.26. The molecule has 0 radical (unpaired) electrons. The Kier molecular flexibility index (Phi) is 6.26. The highest BCUT2D eigenvalue weighted by atomic mass is 16.5. The van der Waals surface area contributed by atoms with Crippen LogP contribution < -0.4 is 15.4 Å². The van der Waals surface area contributed by atoms with Crippen LogP contribution in [0.5, 0.6) is 5.88 Å². The predicted octanol–water partition coefficient (Wildman–Crippen LogP) is 2.02. The van der Waals surface area contributed by atoms with Crippen molar-refractivity contribution in [3.8, 4) is 5.88 Å². The standard InChI is InChI=1S/C20H19N3O7/c1-3-28-19(26)11-5-12(20(27)29-4-2)7-14(6-11)22-17(25)13-8-15-18(21-9-13)30-10-16(24)23-15/h5-9H,3-4,10H2,1-2H3,(H,22,25)(H,23,24). The Morgan fingerprint density at radius 3 is 2.27 bits per heavy atom. The van der Waals surface area contributed by atoms with Gasteiger partial charge in [0, 0.05) is 11.9 Å². The van der Waals surface area contributed by atoms with E-state index in [9.17, 15) is 19.2 Å². The van der Waals surface area contributed by atoms with Crippen molar-refractivity contribution in [1.29, 1.82) is 0 Å². The number of carbonyl (C=O) groups is 4. The largest absolute Gasteiger partial charge is 0.466 e. The number of carbonyl (C=O) groups excluding carboxylic acids is 4. The minimum absolute atomic E-state index is 0.0851. The molecule has 1 aliphatic rings. The molecule has 10 heteroatoms. The second kappa shape index (κ2) is 9.03. The highest BCUT2D eigenvalue weighted by Gasteiger charge is 2.20. The Hall–Kier alpha value is -3.95. The third kappa shape index (κ3) is 4.72. The molecule has 30 heavy (non-hydrogen) atoms. The molecule has 0 atom stereocenters. The Morgan fingerprint density at radius 1 is 1.03 bits per heavy atom. The average Bonchev–Trinajstić information content (AvgIpc) is 2.73. The quantitative estimate of drug-likeness (QED) is 0.687. The first-order valence-electron chi connectivity index (χ1n) is 9.14. The fraction of sp³-hybridized carbons (Fsp3) is 0.250. The van der Waals surface area contributed by atoms with Gasteiger partial charge in [0.15, 0.2) is 6.61 Å². The maximum absolute atomic E-state index is 12.7. The average molecular weight is 413 g/mol. The van der Waals surface area contributed by atoms with Crippen molar-refractivity contribution < 1.29 is 33.4 Å². The van der Waals surface area contributed by atoms with Crippen molar-refractivity contribution in [2.75, 3.05) is 30.5 Å². The molecule has 156 valence electrons. The smallest absolute Gasteiger partial charge is 0.338 e. The molecule has 10 nitrogen and oxygen atoms in total. The molecule has 0 saturated carbocycles. The first-order valence-corrected chi connectivity index (χ1v) is 9.14. The van der Waals surface area contributed by atoms with Crippen molar-refractivity contribution in [2.24, 2.45) is 0 Å². The molecule has 2 heterocycles. The minimum atomic E-state index is -0.644. The number of ether oxygens (including phenoxy) is 3. The minimum Gasteiger partial charge on any atom is -0.466 e. The number of fused-ring (bicyclic) bond motifs is 1. The molecule has 0 bridgehead atoms. The maximum atomic E-state index is 12.7. The van der Waals surface area contributed by atoms with Crippen LogP contribution in [-0.2, 0) is 14.3 Å². The number of nitrogens with zero attached hydrogens (tertiary/aromatic N) is 1. The molecule has 0 spiro atoms. The summed E-state index contributed by atoms with van der Waals surface area (Å²) in [7, 11) is 0. The summed E-state index contributed by atoms with van der Waals surface area (Å²) in [4.78, 5) is 52.4. The molecule has 2 aromatic rings. The number of amides is 2. The zero-order valence-electron chi connectivity index (χ0n) is 16.3. The van der Waals surface area contributed by atoms with Crippen LogP contribution in [0.2, 0.25) is 0 Å². The van der Waals surface area contributed by atoms with E-state index in [4.69, 9.17) is 14.2 Å². The molecule has 2 amide bonds. The monoisotopic (exact) mass is 413 g/mol. The fourth-order valence-electron chi connectivity index (χ4n) is 2.67. The second-order valence-corrected chi connectivity index (χ2v) is 6.11. The number of benzene rings is 1. The molecule has 1 aliphatic heterocycles. The van der Waals surface area contributed by atoms with Crippen molar-refractivity contribution in [1.82, 2.24) is 4.98 Å². The van der Waals surface area contributed by atoms with E-state index in [1.165, 1.54) is 30.5 Å². The van der Waals surface area contributed by atoms with Crippen molar-refractivity contribution in [3.63, 3.8) is 0 Å². The van der Waals surface area contributed by atoms with Gasteiger partial charge in [-0.2, -0.15) is 0 Å². The molecule has 2 N–H and O–H groups in total. The summed E-state index contributed by atoms with van der Waals surface area (Å²) in [6.07, 6.45) is 1.28. The number of hydrogen-bond donors (Lipinski definition) is 2. The van der Waals surface area contributed by atoms with Gasteiger partial charge >= 0.3 is 11.9 Å². The van der Waals surface area contributed by atoms with Crippen LogP contribution in [0.4, 0.5) is 11.4 Å². The van der Waals surface area contributed by atoms with Gasteiger partial charge in [0.05, 0.1) is 29.9 Å². The lowest BCUT2D eigenvalue weighted by molar-refractivity contribution is -0.118. The Bertz CT molecular complexity index is 983. The molecule has 0 fully saturated rings. The molecule has 1 aromatic carbocycles. The van der Waals surface area contributed by atoms with E-state index in [2.05, 4.69) is 15.6 Å². The Morgan fingerprint density at radius 2 is 1.67 bits per heavy atom. The second-order valence-electron chi connectivity index (χ2n) is 6.11. The third-order valence-corrected chi connectivity index (χ3v) is 3.94. The van der Waals surface area contributed by atoms with Crippen LogP contribution in [0.25, 0.3) is 0 Å². The molecule has 3 rings (SSSR count). The predicted molar refractivity (Wildman–Crippen MR) is 105 cm³/mol. The van der Waals surface area contributed by atoms with Crippen molar-refractivity contribution in [2.45, 2.75) is 13.8 Å². The molecule has 0 unspecified atom stereocenters. The summed E-state index contributed by atoms with van der Waals surface area (Å²) in [5, 5.41) is 5.17. The number of aromatic nitrogens is 1. The summed E-state index contributed by atoms with van der Waals surface area (Å²) in [6, 6.07) is 5.51. The van der Waals surface area contributed by atoms with Crippen LogP contribution in [-0.4, -0.2) is 48.6 Å². The van der Waals surface area contributed by atoms with E-state index in [0.29, 0.717) is 0 Å². The van der Waals surface area contributed by atoms with E-state index in [1.54, 1.807) is 13.8 Å². The van der Waals surface area contributed by atoms with Gasteiger partial charge in [-0.25, -0.2) is 14.6 Å². The van der Waals surface area contributed by atoms with Crippen molar-refractivity contribution >= 4 is 35.1 Å². The molecule has 0 saturated heterocycles. The highest BCUT2D eigenvalue weighted by molar-refractivity contribution is 6.07. The summed E-state index contributed by atoms with van der Waals surface area (Å²) in [5.41, 5.74) is 0.764. The van der Waals surface area contributed by atoms with E-state index >= 15 is 0 Å². The van der Waals surface area contributed by atoms with Crippen molar-refractivity contribution in [3.05, 3.63) is 47.2 Å². The third-order valence-electron chi connectivity index (χ3n) is 3.94. The summed E-state index contributed by atoms with van der Waals surface area (Å²) < 4.78 is 15.1. The van der Waals surface area contributed by atoms with Gasteiger partial charge in [-0.3, -0.25) is 9.59 Å². The Balaban J connectivity index is 1.88. The van der Waals surface area contributed by atoms with Gasteiger partial charge in [0.2, 0.25) is 5.88 Å². The lowest BCUT2D eigenvalue weighted by atomic mass is 10.1. The zero-order valence-corrected chi connectivity index (χ0v) is 16.3. The lowest BCUT2D eigenvalue weighted by Gasteiger charge is -2.17. The van der Waals surface area contributed by atoms with E-state index in [-0.39, 0.29) is 59.7 Å². The van der Waals surface area contributed by atoms with Gasteiger partial charge < -0.3 is 24.8 Å². The number of hydrogen-bond acceptors (Lipinski definition) is 8. The van der Waals surface area contributed by atoms with E-state index in [0.717, 1.165) is 0 Å². The van der Waals surface area contributed by atoms with Crippen LogP contribution in [0.3, 0.4) is 0 Å². The normalized spacial score (nSPS) is 12.1. The molecular weight excluding hydrogens is 394 g/mol. The number of rotatable bonds is 6. The van der Waals surface area contributed by atoms with Gasteiger partial charge in [-0.1, -0.05) is 0 Å². The van der Waals surface area contributed by atoms with E-state index < -0.39 is 17.8 Å². The van der Waals surface area contributed by atoms with E-state index in [1.807, 2.05) is 0 Å².